The van der Waals surface area contributed by atoms with Crippen LogP contribution in [0.5, 0.6) is 0 Å². The van der Waals surface area contributed by atoms with Gasteiger partial charge < -0.3 is 21.3 Å². The first-order chi connectivity index (χ1) is 13.0. The largest absolute Gasteiger partial charge is 0.376 e. The summed E-state index contributed by atoms with van der Waals surface area (Å²) in [6, 6.07) is 13.8. The van der Waals surface area contributed by atoms with E-state index in [4.69, 9.17) is 0 Å². The second-order valence-corrected chi connectivity index (χ2v) is 5.82. The minimum absolute atomic E-state index is 0.0479. The molecule has 3 amide bonds. The molecular weight excluding hydrogens is 344 g/mol. The summed E-state index contributed by atoms with van der Waals surface area (Å²) in [5.74, 6) is -0.395. The molecule has 0 fully saturated rings. The number of carbonyl (C=O) groups excluding carboxylic acids is 3. The van der Waals surface area contributed by atoms with E-state index in [0.29, 0.717) is 29.9 Å². The molecule has 27 heavy (non-hydrogen) atoms. The van der Waals surface area contributed by atoms with Crippen LogP contribution >= 0.6 is 0 Å². The molecule has 0 saturated heterocycles. The lowest BCUT2D eigenvalue weighted by molar-refractivity contribution is -0.116. The van der Waals surface area contributed by atoms with Gasteiger partial charge in [-0.25, -0.2) is 0 Å². The van der Waals surface area contributed by atoms with Crippen molar-refractivity contribution in [2.75, 3.05) is 29.0 Å². The molecule has 7 heteroatoms. The Morgan fingerprint density at radius 2 is 1.26 bits per heavy atom. The molecule has 0 aromatic heterocycles. The predicted octanol–water partition coefficient (Wildman–Crippen LogP) is 2.84. The zero-order chi connectivity index (χ0) is 19.6. The molecule has 2 rings (SSSR count). The van der Waals surface area contributed by atoms with Gasteiger partial charge in [-0.15, -0.1) is 0 Å². The highest BCUT2D eigenvalue weighted by atomic mass is 16.2. The van der Waals surface area contributed by atoms with Crippen LogP contribution in [-0.2, 0) is 9.59 Å². The fraction of sp³-hybridized carbons (Fsp3) is 0.250. The first kappa shape index (κ1) is 20.0. The SMILES string of the molecule is CCNC(=O)c1ccc(NC(=O)CNc2ccc(NC(=O)CC)cc2)cc1. The summed E-state index contributed by atoms with van der Waals surface area (Å²) in [6.07, 6.45) is 0.421. The first-order valence-corrected chi connectivity index (χ1v) is 8.83. The van der Waals surface area contributed by atoms with Crippen molar-refractivity contribution in [2.45, 2.75) is 20.3 Å². The zero-order valence-corrected chi connectivity index (χ0v) is 15.5. The summed E-state index contributed by atoms with van der Waals surface area (Å²) in [7, 11) is 0. The average Bonchev–Trinajstić information content (AvgIpc) is 2.68. The number of carbonyl (C=O) groups is 3. The van der Waals surface area contributed by atoms with Crippen LogP contribution in [0.2, 0.25) is 0 Å². The van der Waals surface area contributed by atoms with Crippen LogP contribution in [0.4, 0.5) is 17.1 Å². The van der Waals surface area contributed by atoms with E-state index in [-0.39, 0.29) is 24.3 Å². The van der Waals surface area contributed by atoms with E-state index in [2.05, 4.69) is 21.3 Å². The highest BCUT2D eigenvalue weighted by Gasteiger charge is 2.06. The Bertz CT molecular complexity index is 786. The third-order valence-corrected chi connectivity index (χ3v) is 3.71. The fourth-order valence-electron chi connectivity index (χ4n) is 2.28. The summed E-state index contributed by atoms with van der Waals surface area (Å²) in [5.41, 5.74) is 2.64. The predicted molar refractivity (Wildman–Crippen MR) is 107 cm³/mol. The first-order valence-electron chi connectivity index (χ1n) is 8.83. The van der Waals surface area contributed by atoms with Gasteiger partial charge >= 0.3 is 0 Å². The van der Waals surface area contributed by atoms with Crippen molar-refractivity contribution in [2.24, 2.45) is 0 Å². The number of benzene rings is 2. The summed E-state index contributed by atoms with van der Waals surface area (Å²) in [6.45, 7) is 4.30. The van der Waals surface area contributed by atoms with Crippen molar-refractivity contribution in [1.29, 1.82) is 0 Å². The van der Waals surface area contributed by atoms with E-state index in [1.54, 1.807) is 55.5 Å². The molecule has 2 aromatic rings. The van der Waals surface area contributed by atoms with Crippen molar-refractivity contribution in [3.05, 3.63) is 54.1 Å². The van der Waals surface area contributed by atoms with Crippen molar-refractivity contribution in [3.63, 3.8) is 0 Å². The lowest BCUT2D eigenvalue weighted by Gasteiger charge is -2.09. The molecule has 0 spiro atoms. The molecule has 0 aliphatic carbocycles. The van der Waals surface area contributed by atoms with E-state index >= 15 is 0 Å². The third-order valence-electron chi connectivity index (χ3n) is 3.71. The van der Waals surface area contributed by atoms with Crippen LogP contribution in [0, 0.1) is 0 Å². The smallest absolute Gasteiger partial charge is 0.251 e. The molecule has 4 N–H and O–H groups in total. The molecule has 0 heterocycles. The van der Waals surface area contributed by atoms with Crippen LogP contribution in [-0.4, -0.2) is 30.8 Å². The third kappa shape index (κ3) is 6.47. The van der Waals surface area contributed by atoms with E-state index in [0.717, 1.165) is 5.69 Å². The van der Waals surface area contributed by atoms with Gasteiger partial charge in [0.05, 0.1) is 6.54 Å². The summed E-state index contributed by atoms with van der Waals surface area (Å²) in [5, 5.41) is 11.3. The normalized spacial score (nSPS) is 10.0. The summed E-state index contributed by atoms with van der Waals surface area (Å²) >= 11 is 0. The molecule has 0 bridgehead atoms. The van der Waals surface area contributed by atoms with Gasteiger partial charge in [0, 0.05) is 35.6 Å². The minimum atomic E-state index is -0.205. The molecule has 0 unspecified atom stereocenters. The minimum Gasteiger partial charge on any atom is -0.376 e. The Labute approximate surface area is 158 Å². The summed E-state index contributed by atoms with van der Waals surface area (Å²) < 4.78 is 0. The molecule has 0 saturated carbocycles. The van der Waals surface area contributed by atoms with Gasteiger partial charge in [-0.1, -0.05) is 6.92 Å². The summed E-state index contributed by atoms with van der Waals surface area (Å²) in [4.78, 5) is 35.1. The van der Waals surface area contributed by atoms with E-state index in [9.17, 15) is 14.4 Å². The van der Waals surface area contributed by atoms with Crippen molar-refractivity contribution < 1.29 is 14.4 Å². The van der Waals surface area contributed by atoms with Crippen LogP contribution in [0.3, 0.4) is 0 Å². The van der Waals surface area contributed by atoms with E-state index < -0.39 is 0 Å². The second-order valence-electron chi connectivity index (χ2n) is 5.82. The maximum Gasteiger partial charge on any atom is 0.251 e. The Morgan fingerprint density at radius 3 is 1.81 bits per heavy atom. The standard InChI is InChI=1S/C20H24N4O3/c1-3-18(25)23-17-11-9-15(10-12-17)22-13-19(26)24-16-7-5-14(6-8-16)20(27)21-4-2/h5-12,22H,3-4,13H2,1-2H3,(H,21,27)(H,23,25)(H,24,26). The topological polar surface area (TPSA) is 99.3 Å². The van der Waals surface area contributed by atoms with Gasteiger partial charge in [0.25, 0.3) is 5.91 Å². The molecule has 0 radical (unpaired) electrons. The zero-order valence-electron chi connectivity index (χ0n) is 15.5. The Balaban J connectivity index is 1.82. The quantitative estimate of drug-likeness (QED) is 0.576. The molecular formula is C20H24N4O3. The van der Waals surface area contributed by atoms with Gasteiger partial charge in [-0.2, -0.15) is 0 Å². The number of anilines is 3. The molecule has 0 atom stereocenters. The van der Waals surface area contributed by atoms with Gasteiger partial charge in [-0.05, 0) is 55.5 Å². The monoisotopic (exact) mass is 368 g/mol. The number of amides is 3. The van der Waals surface area contributed by atoms with Gasteiger partial charge in [0.2, 0.25) is 11.8 Å². The van der Waals surface area contributed by atoms with E-state index in [1.165, 1.54) is 0 Å². The Morgan fingerprint density at radius 1 is 0.741 bits per heavy atom. The highest BCUT2D eigenvalue weighted by Crippen LogP contribution is 2.14. The Kier molecular flexibility index (Phi) is 7.37. The molecule has 0 aliphatic rings. The number of hydrogen-bond donors (Lipinski definition) is 4. The Hall–Kier alpha value is -3.35. The van der Waals surface area contributed by atoms with Crippen molar-refractivity contribution in [3.8, 4) is 0 Å². The van der Waals surface area contributed by atoms with Crippen molar-refractivity contribution >= 4 is 34.8 Å². The van der Waals surface area contributed by atoms with E-state index in [1.807, 2.05) is 6.92 Å². The van der Waals surface area contributed by atoms with Crippen LogP contribution < -0.4 is 21.3 Å². The maximum atomic E-state index is 12.0. The lowest BCUT2D eigenvalue weighted by atomic mass is 10.2. The van der Waals surface area contributed by atoms with Gasteiger partial charge in [-0.3, -0.25) is 14.4 Å². The number of hydrogen-bond acceptors (Lipinski definition) is 4. The van der Waals surface area contributed by atoms with Gasteiger partial charge in [0.15, 0.2) is 0 Å². The highest BCUT2D eigenvalue weighted by molar-refractivity contribution is 5.96. The average molecular weight is 368 g/mol. The van der Waals surface area contributed by atoms with Gasteiger partial charge in [0.1, 0.15) is 0 Å². The number of nitrogens with one attached hydrogen (secondary N) is 4. The molecule has 2 aromatic carbocycles. The number of rotatable bonds is 8. The van der Waals surface area contributed by atoms with Crippen molar-refractivity contribution in [1.82, 2.24) is 5.32 Å². The van der Waals surface area contributed by atoms with Crippen LogP contribution in [0.1, 0.15) is 30.6 Å². The van der Waals surface area contributed by atoms with Crippen LogP contribution in [0.15, 0.2) is 48.5 Å². The maximum absolute atomic E-state index is 12.0. The molecule has 0 aliphatic heterocycles. The second kappa shape index (κ2) is 9.96. The van der Waals surface area contributed by atoms with Crippen LogP contribution in [0.25, 0.3) is 0 Å². The fourth-order valence-corrected chi connectivity index (χ4v) is 2.28. The lowest BCUT2D eigenvalue weighted by Crippen LogP contribution is -2.23. The molecule has 142 valence electrons. The molecule has 7 nitrogen and oxygen atoms in total.